The maximum absolute atomic E-state index is 13.4. The van der Waals surface area contributed by atoms with Crippen molar-refractivity contribution < 1.29 is 22.7 Å². The van der Waals surface area contributed by atoms with Crippen LogP contribution in [0.1, 0.15) is 32.1 Å². The molecule has 9 nitrogen and oxygen atoms in total. The van der Waals surface area contributed by atoms with E-state index in [-0.39, 0.29) is 31.5 Å². The van der Waals surface area contributed by atoms with Crippen LogP contribution in [0.25, 0.3) is 0 Å². The van der Waals surface area contributed by atoms with Crippen LogP contribution in [0.2, 0.25) is 0 Å². The van der Waals surface area contributed by atoms with Crippen LogP contribution in [-0.2, 0) is 24.3 Å². The summed E-state index contributed by atoms with van der Waals surface area (Å²) >= 11 is 0. The first-order chi connectivity index (χ1) is 13.8. The van der Waals surface area contributed by atoms with Gasteiger partial charge in [-0.3, -0.25) is 14.5 Å². The summed E-state index contributed by atoms with van der Waals surface area (Å²) in [6, 6.07) is 0.618. The largest absolute Gasteiger partial charge is 0.361 e. The van der Waals surface area contributed by atoms with E-state index in [1.54, 1.807) is 4.90 Å². The second-order valence-corrected chi connectivity index (χ2v) is 10.7. The van der Waals surface area contributed by atoms with Gasteiger partial charge in [-0.1, -0.05) is 19.3 Å². The molecule has 3 aliphatic heterocycles. The molecule has 4 fully saturated rings. The molecular weight excluding hydrogens is 396 g/mol. The van der Waals surface area contributed by atoms with Crippen molar-refractivity contribution in [2.45, 2.75) is 43.7 Å². The number of carbonyl (C=O) groups excluding carboxylic acids is 2. The Bertz CT molecular complexity index is 746. The number of rotatable bonds is 3. The van der Waals surface area contributed by atoms with Crippen LogP contribution >= 0.6 is 0 Å². The van der Waals surface area contributed by atoms with Gasteiger partial charge in [-0.05, 0) is 12.8 Å². The number of nitrogens with zero attached hydrogens (tertiary/aromatic N) is 3. The highest BCUT2D eigenvalue weighted by atomic mass is 32.2. The molecule has 10 heteroatoms. The fourth-order valence-electron chi connectivity index (χ4n) is 5.28. The quantitative estimate of drug-likeness (QED) is 0.634. The molecule has 2 atom stereocenters. The fourth-order valence-corrected chi connectivity index (χ4v) is 6.13. The van der Waals surface area contributed by atoms with E-state index in [9.17, 15) is 18.0 Å². The van der Waals surface area contributed by atoms with Gasteiger partial charge >= 0.3 is 0 Å². The van der Waals surface area contributed by atoms with Crippen molar-refractivity contribution in [2.24, 2.45) is 5.92 Å². The molecule has 0 aromatic rings. The van der Waals surface area contributed by atoms with Crippen LogP contribution in [0.4, 0.5) is 0 Å². The first-order valence-electron chi connectivity index (χ1n) is 10.7. The van der Waals surface area contributed by atoms with Gasteiger partial charge < -0.3 is 15.0 Å². The average Bonchev–Trinajstić information content (AvgIpc) is 3.11. The van der Waals surface area contributed by atoms with E-state index >= 15 is 0 Å². The van der Waals surface area contributed by atoms with Crippen LogP contribution < -0.4 is 5.32 Å². The number of sulfonamides is 1. The summed E-state index contributed by atoms with van der Waals surface area (Å²) in [6.07, 6.45) is 7.45. The van der Waals surface area contributed by atoms with E-state index in [0.717, 1.165) is 19.3 Å². The summed E-state index contributed by atoms with van der Waals surface area (Å²) < 4.78 is 31.3. The average molecular weight is 429 g/mol. The van der Waals surface area contributed by atoms with Crippen molar-refractivity contribution in [3.63, 3.8) is 0 Å². The summed E-state index contributed by atoms with van der Waals surface area (Å²) in [5.74, 6) is -1.36. The molecule has 0 unspecified atom stereocenters. The summed E-state index contributed by atoms with van der Waals surface area (Å²) in [5, 5.41) is 2.76. The highest BCUT2D eigenvalue weighted by molar-refractivity contribution is 7.88. The number of amides is 2. The van der Waals surface area contributed by atoms with Crippen molar-refractivity contribution in [2.75, 3.05) is 58.7 Å². The highest BCUT2D eigenvalue weighted by Crippen LogP contribution is 2.36. The van der Waals surface area contributed by atoms with Crippen molar-refractivity contribution >= 4 is 21.8 Å². The van der Waals surface area contributed by atoms with Gasteiger partial charge in [-0.2, -0.15) is 4.31 Å². The summed E-state index contributed by atoms with van der Waals surface area (Å²) in [6.45, 7) is 3.44. The first kappa shape index (κ1) is 21.0. The van der Waals surface area contributed by atoms with Crippen LogP contribution in [0.5, 0.6) is 0 Å². The third-order valence-corrected chi connectivity index (χ3v) is 8.19. The van der Waals surface area contributed by atoms with Gasteiger partial charge in [-0.25, -0.2) is 8.42 Å². The molecule has 1 N–H and O–H groups in total. The molecule has 0 bridgehead atoms. The molecule has 1 saturated carbocycles. The van der Waals surface area contributed by atoms with Gasteiger partial charge in [0.15, 0.2) is 5.60 Å². The minimum Gasteiger partial charge on any atom is -0.361 e. The van der Waals surface area contributed by atoms with Crippen LogP contribution in [0, 0.1) is 5.92 Å². The van der Waals surface area contributed by atoms with Crippen molar-refractivity contribution in [3.05, 3.63) is 0 Å². The minimum atomic E-state index is -3.53. The first-order valence-corrected chi connectivity index (χ1v) is 12.6. The Hall–Kier alpha value is -1.23. The summed E-state index contributed by atoms with van der Waals surface area (Å²) in [4.78, 5) is 30.4. The number of hydrogen-bond donors (Lipinski definition) is 1. The zero-order valence-electron chi connectivity index (χ0n) is 17.1. The highest BCUT2D eigenvalue weighted by Gasteiger charge is 2.60. The molecule has 1 spiro atoms. The summed E-state index contributed by atoms with van der Waals surface area (Å²) in [7, 11) is -3.53. The van der Waals surface area contributed by atoms with Gasteiger partial charge in [0.2, 0.25) is 15.9 Å². The van der Waals surface area contributed by atoms with Gasteiger partial charge in [0.1, 0.15) is 0 Å². The molecule has 4 rings (SSSR count). The molecule has 4 aliphatic rings. The fraction of sp³-hybridized carbons (Fsp3) is 0.895. The van der Waals surface area contributed by atoms with Gasteiger partial charge in [-0.15, -0.1) is 0 Å². The second kappa shape index (κ2) is 8.13. The zero-order chi connectivity index (χ0) is 20.6. The topological polar surface area (TPSA) is 99.3 Å². The lowest BCUT2D eigenvalue weighted by Crippen LogP contribution is -2.63. The molecule has 29 heavy (non-hydrogen) atoms. The molecule has 3 heterocycles. The number of morpholine rings is 1. The number of ether oxygens (including phenoxy) is 1. The van der Waals surface area contributed by atoms with Crippen molar-refractivity contribution in [1.29, 1.82) is 0 Å². The SMILES string of the molecule is CS(=O)(=O)N1C[C@H](C(=O)N2CCN(C3CCCCC3)CC2)[C@@]2(C1)OCCNC2=O. The van der Waals surface area contributed by atoms with E-state index in [1.165, 1.54) is 36.4 Å². The molecule has 1 aliphatic carbocycles. The van der Waals surface area contributed by atoms with Gasteiger partial charge in [0.05, 0.1) is 25.3 Å². The van der Waals surface area contributed by atoms with Crippen LogP contribution in [0.15, 0.2) is 0 Å². The molecule has 0 radical (unpaired) electrons. The van der Waals surface area contributed by atoms with Gasteiger partial charge in [0, 0.05) is 45.3 Å². The maximum atomic E-state index is 13.4. The molecule has 3 saturated heterocycles. The van der Waals surface area contributed by atoms with Crippen molar-refractivity contribution in [1.82, 2.24) is 19.4 Å². The predicted octanol–water partition coefficient (Wildman–Crippen LogP) is -0.760. The number of hydrogen-bond acceptors (Lipinski definition) is 6. The Morgan fingerprint density at radius 1 is 1.14 bits per heavy atom. The van der Waals surface area contributed by atoms with Crippen LogP contribution in [0.3, 0.4) is 0 Å². The third kappa shape index (κ3) is 4.04. The smallest absolute Gasteiger partial charge is 0.254 e. The monoisotopic (exact) mass is 428 g/mol. The Morgan fingerprint density at radius 2 is 1.83 bits per heavy atom. The molecule has 164 valence electrons. The van der Waals surface area contributed by atoms with E-state index in [4.69, 9.17) is 4.74 Å². The Morgan fingerprint density at radius 3 is 2.45 bits per heavy atom. The summed E-state index contributed by atoms with van der Waals surface area (Å²) in [5.41, 5.74) is -1.42. The lowest BCUT2D eigenvalue weighted by atomic mass is 9.87. The molecule has 0 aromatic carbocycles. The standard InChI is InChI=1S/C19H32N4O5S/c1-29(26,27)23-13-16(19(14-23)18(25)20-7-12-28-19)17(24)22-10-8-21(9-11-22)15-5-3-2-4-6-15/h15-16H,2-14H2,1H3,(H,20,25)/t16-,19-/m1/s1. The van der Waals surface area contributed by atoms with Gasteiger partial charge in [0.25, 0.3) is 5.91 Å². The lowest BCUT2D eigenvalue weighted by Gasteiger charge is -2.43. The Kier molecular flexibility index (Phi) is 5.89. The minimum absolute atomic E-state index is 0.00603. The molecule has 2 amide bonds. The lowest BCUT2D eigenvalue weighted by molar-refractivity contribution is -0.167. The number of carbonyl (C=O) groups is 2. The normalized spacial score (nSPS) is 33.2. The zero-order valence-corrected chi connectivity index (χ0v) is 18.0. The third-order valence-electron chi connectivity index (χ3n) is 6.98. The Labute approximate surface area is 172 Å². The van der Waals surface area contributed by atoms with Crippen molar-refractivity contribution in [3.8, 4) is 0 Å². The molecular formula is C19H32N4O5S. The Balaban J connectivity index is 1.47. The predicted molar refractivity (Wildman–Crippen MR) is 107 cm³/mol. The number of nitrogens with one attached hydrogen (secondary N) is 1. The van der Waals surface area contributed by atoms with Crippen LogP contribution in [-0.4, -0.2) is 105 Å². The van der Waals surface area contributed by atoms with E-state index < -0.39 is 21.5 Å². The van der Waals surface area contributed by atoms with E-state index in [0.29, 0.717) is 25.7 Å². The maximum Gasteiger partial charge on any atom is 0.254 e. The van der Waals surface area contributed by atoms with E-state index in [1.807, 2.05) is 0 Å². The molecule has 0 aromatic heterocycles. The second-order valence-electron chi connectivity index (χ2n) is 8.76. The van der Waals surface area contributed by atoms with E-state index in [2.05, 4.69) is 10.2 Å². The number of piperazine rings is 1.